The van der Waals surface area contributed by atoms with Crippen molar-refractivity contribution in [3.05, 3.63) is 84.1 Å². The van der Waals surface area contributed by atoms with Crippen LogP contribution >= 0.6 is 0 Å². The van der Waals surface area contributed by atoms with Crippen LogP contribution < -0.4 is 10.2 Å². The Morgan fingerprint density at radius 2 is 2.08 bits per heavy atom. The predicted octanol–water partition coefficient (Wildman–Crippen LogP) is 5.39. The number of hydrogen-bond donors (Lipinski definition) is 1. The first-order valence-corrected chi connectivity index (χ1v) is 11.8. The summed E-state index contributed by atoms with van der Waals surface area (Å²) in [5.74, 6) is 1.45. The van der Waals surface area contributed by atoms with E-state index in [1.165, 1.54) is 5.57 Å². The van der Waals surface area contributed by atoms with Crippen molar-refractivity contribution in [1.29, 1.82) is 0 Å². The molecular formula is C27H28N6O3. The van der Waals surface area contributed by atoms with Gasteiger partial charge < -0.3 is 24.1 Å². The van der Waals surface area contributed by atoms with Gasteiger partial charge in [0.1, 0.15) is 12.0 Å². The Morgan fingerprint density at radius 3 is 2.89 bits per heavy atom. The third-order valence-electron chi connectivity index (χ3n) is 5.74. The van der Waals surface area contributed by atoms with Gasteiger partial charge >= 0.3 is 6.01 Å². The number of ether oxygens (including phenoxy) is 2. The third-order valence-corrected chi connectivity index (χ3v) is 5.74. The molecule has 1 aliphatic heterocycles. The van der Waals surface area contributed by atoms with Gasteiger partial charge in [0.2, 0.25) is 5.90 Å². The van der Waals surface area contributed by atoms with E-state index in [1.807, 2.05) is 55.4 Å². The molecule has 0 saturated carbocycles. The van der Waals surface area contributed by atoms with Crippen LogP contribution in [0.4, 0.5) is 17.4 Å². The number of hydrogen-bond acceptors (Lipinski definition) is 9. The maximum atomic E-state index is 5.93. The van der Waals surface area contributed by atoms with Crippen LogP contribution in [0.1, 0.15) is 25.0 Å². The lowest BCUT2D eigenvalue weighted by molar-refractivity contribution is 0.211. The first-order chi connectivity index (χ1) is 17.6. The molecule has 5 rings (SSSR count). The summed E-state index contributed by atoms with van der Waals surface area (Å²) in [6.45, 7) is 0.759. The topological polar surface area (TPSA) is 97.9 Å². The molecule has 0 unspecified atom stereocenters. The summed E-state index contributed by atoms with van der Waals surface area (Å²) in [5, 5.41) is 11.8. The standard InChI is InChI=1S/C27H28N6O3/c1-33(2)21-11-12-23(24(15-21)29-16-20-10-6-7-13-28-20)26-31-32-27(36-26)30-25-18-34-17-22(35-25)14-19-8-4-3-5-9-19/h3-4,6-8,10-13,15,17,29H,5,9,14,16,18H2,1-2H3. The lowest BCUT2D eigenvalue weighted by Gasteiger charge is -2.18. The molecule has 1 aromatic carbocycles. The number of benzene rings is 1. The fourth-order valence-electron chi connectivity index (χ4n) is 3.87. The molecule has 1 aliphatic carbocycles. The normalized spacial score (nSPS) is 16.1. The van der Waals surface area contributed by atoms with Gasteiger partial charge in [-0.05, 0) is 43.2 Å². The molecule has 0 saturated heterocycles. The van der Waals surface area contributed by atoms with E-state index >= 15 is 0 Å². The molecule has 0 fully saturated rings. The number of rotatable bonds is 8. The maximum absolute atomic E-state index is 5.93. The second-order valence-corrected chi connectivity index (χ2v) is 8.66. The SMILES string of the molecule is CN(C)c1ccc(-c2nnc(N=C3COC=C(CC4=CC=CCC4)O3)o2)c(NCc2ccccn2)c1. The number of pyridine rings is 1. The Hall–Kier alpha value is -4.40. The number of allylic oxidation sites excluding steroid dienone is 4. The molecule has 0 radical (unpaired) electrons. The van der Waals surface area contributed by atoms with Gasteiger partial charge in [-0.1, -0.05) is 35.0 Å². The van der Waals surface area contributed by atoms with Crippen molar-refractivity contribution in [3.8, 4) is 11.5 Å². The molecule has 0 bridgehead atoms. The number of aliphatic imine (C=N–C) groups is 1. The number of anilines is 2. The molecule has 1 N–H and O–H groups in total. The first-order valence-electron chi connectivity index (χ1n) is 11.8. The highest BCUT2D eigenvalue weighted by Gasteiger charge is 2.18. The van der Waals surface area contributed by atoms with Crippen LogP contribution in [-0.4, -0.2) is 41.8 Å². The second-order valence-electron chi connectivity index (χ2n) is 8.66. The van der Waals surface area contributed by atoms with Gasteiger partial charge in [0.05, 0.1) is 17.8 Å². The quantitative estimate of drug-likeness (QED) is 0.454. The van der Waals surface area contributed by atoms with Crippen molar-refractivity contribution in [3.63, 3.8) is 0 Å². The first kappa shape index (κ1) is 23.3. The highest BCUT2D eigenvalue weighted by atomic mass is 16.6. The molecule has 0 spiro atoms. The molecule has 0 atom stereocenters. The summed E-state index contributed by atoms with van der Waals surface area (Å²) in [4.78, 5) is 10.8. The number of nitrogens with zero attached hydrogens (tertiary/aromatic N) is 5. The van der Waals surface area contributed by atoms with E-state index in [4.69, 9.17) is 13.9 Å². The largest absolute Gasteiger partial charge is 0.488 e. The molecule has 184 valence electrons. The van der Waals surface area contributed by atoms with E-state index in [9.17, 15) is 0 Å². The molecule has 9 heteroatoms. The molecule has 36 heavy (non-hydrogen) atoms. The van der Waals surface area contributed by atoms with Crippen molar-refractivity contribution in [1.82, 2.24) is 15.2 Å². The van der Waals surface area contributed by atoms with E-state index < -0.39 is 0 Å². The minimum absolute atomic E-state index is 0.108. The monoisotopic (exact) mass is 484 g/mol. The Labute approximate surface area is 209 Å². The molecule has 3 aromatic rings. The van der Waals surface area contributed by atoms with Crippen LogP contribution in [0, 0.1) is 0 Å². The van der Waals surface area contributed by atoms with Gasteiger partial charge in [-0.2, -0.15) is 4.99 Å². The lowest BCUT2D eigenvalue weighted by atomic mass is 10.0. The van der Waals surface area contributed by atoms with Crippen LogP contribution in [0.15, 0.2) is 87.8 Å². The van der Waals surface area contributed by atoms with Gasteiger partial charge in [0.15, 0.2) is 6.61 Å². The third kappa shape index (κ3) is 5.80. The maximum Gasteiger partial charge on any atom is 0.345 e. The van der Waals surface area contributed by atoms with E-state index in [0.717, 1.165) is 35.5 Å². The van der Waals surface area contributed by atoms with E-state index in [0.29, 0.717) is 30.5 Å². The van der Waals surface area contributed by atoms with Crippen molar-refractivity contribution >= 4 is 23.3 Å². The predicted molar refractivity (Wildman–Crippen MR) is 139 cm³/mol. The van der Waals surface area contributed by atoms with Crippen molar-refractivity contribution in [2.24, 2.45) is 4.99 Å². The van der Waals surface area contributed by atoms with Gasteiger partial charge in [-0.3, -0.25) is 4.98 Å². The highest BCUT2D eigenvalue weighted by Crippen LogP contribution is 2.32. The fraction of sp³-hybridized carbons (Fsp3) is 0.259. The summed E-state index contributed by atoms with van der Waals surface area (Å²) < 4.78 is 17.4. The molecular weight excluding hydrogens is 456 g/mol. The summed E-state index contributed by atoms with van der Waals surface area (Å²) >= 11 is 0. The van der Waals surface area contributed by atoms with E-state index in [1.54, 1.807) is 12.5 Å². The van der Waals surface area contributed by atoms with Crippen molar-refractivity contribution < 1.29 is 13.9 Å². The zero-order valence-electron chi connectivity index (χ0n) is 20.3. The Kier molecular flexibility index (Phi) is 7.07. The molecule has 2 aliphatic rings. The van der Waals surface area contributed by atoms with Crippen LogP contribution in [0.2, 0.25) is 0 Å². The van der Waals surface area contributed by atoms with Gasteiger partial charge in [-0.15, -0.1) is 5.10 Å². The van der Waals surface area contributed by atoms with Crippen molar-refractivity contribution in [2.45, 2.75) is 25.8 Å². The highest BCUT2D eigenvalue weighted by molar-refractivity contribution is 5.81. The number of aromatic nitrogens is 3. The average Bonchev–Trinajstić information content (AvgIpc) is 3.37. The summed E-state index contributed by atoms with van der Waals surface area (Å²) in [5.41, 5.74) is 4.88. The Bertz CT molecular complexity index is 1320. The second kappa shape index (κ2) is 10.9. The zero-order valence-corrected chi connectivity index (χ0v) is 20.3. The minimum Gasteiger partial charge on any atom is -0.488 e. The molecule has 0 amide bonds. The van der Waals surface area contributed by atoms with Crippen LogP contribution in [0.25, 0.3) is 11.5 Å². The summed E-state index contributed by atoms with van der Waals surface area (Å²) in [7, 11) is 3.99. The van der Waals surface area contributed by atoms with Crippen LogP contribution in [0.5, 0.6) is 0 Å². The smallest absolute Gasteiger partial charge is 0.345 e. The molecule has 2 aromatic heterocycles. The van der Waals surface area contributed by atoms with Gasteiger partial charge in [0, 0.05) is 38.1 Å². The summed E-state index contributed by atoms with van der Waals surface area (Å²) in [6.07, 6.45) is 12.5. The fourth-order valence-corrected chi connectivity index (χ4v) is 3.87. The Morgan fingerprint density at radius 1 is 1.14 bits per heavy atom. The van der Waals surface area contributed by atoms with Gasteiger partial charge in [-0.25, -0.2) is 0 Å². The minimum atomic E-state index is 0.108. The van der Waals surface area contributed by atoms with Crippen LogP contribution in [-0.2, 0) is 16.0 Å². The Balaban J connectivity index is 1.33. The lowest BCUT2D eigenvalue weighted by Crippen LogP contribution is -2.16. The van der Waals surface area contributed by atoms with Crippen molar-refractivity contribution in [2.75, 3.05) is 30.9 Å². The summed E-state index contributed by atoms with van der Waals surface area (Å²) in [6, 6.07) is 11.9. The molecule has 3 heterocycles. The van der Waals surface area contributed by atoms with E-state index in [2.05, 4.69) is 43.7 Å². The van der Waals surface area contributed by atoms with Gasteiger partial charge in [0.25, 0.3) is 5.89 Å². The van der Waals surface area contributed by atoms with Crippen LogP contribution in [0.3, 0.4) is 0 Å². The average molecular weight is 485 g/mol. The zero-order chi connectivity index (χ0) is 24.7. The van der Waals surface area contributed by atoms with E-state index in [-0.39, 0.29) is 12.6 Å². The number of nitrogens with one attached hydrogen (secondary N) is 1. The molecule has 9 nitrogen and oxygen atoms in total.